The van der Waals surface area contributed by atoms with Gasteiger partial charge in [-0.05, 0) is 6.92 Å². The van der Waals surface area contributed by atoms with Crippen LogP contribution in [0.5, 0.6) is 0 Å². The number of aromatic amines is 1. The predicted molar refractivity (Wildman–Crippen MR) is 64.2 cm³/mol. The quantitative estimate of drug-likeness (QED) is 0.680. The van der Waals surface area contributed by atoms with Crippen LogP contribution in [0.2, 0.25) is 5.15 Å². The molecule has 0 amide bonds. The van der Waals surface area contributed by atoms with Gasteiger partial charge in [-0.3, -0.25) is 5.10 Å². The molecule has 0 bridgehead atoms. The van der Waals surface area contributed by atoms with E-state index < -0.39 is 0 Å². The Balaban J connectivity index is 1.99. The van der Waals surface area contributed by atoms with Gasteiger partial charge >= 0.3 is 0 Å². The average Bonchev–Trinajstić information content (AvgIpc) is 3.00. The number of nitrogens with one attached hydrogen (secondary N) is 2. The number of halogens is 1. The summed E-state index contributed by atoms with van der Waals surface area (Å²) in [6, 6.07) is 0. The molecular formula is C9H9ClN8. The minimum atomic E-state index is 0.399. The molecule has 0 aliphatic carbocycles. The van der Waals surface area contributed by atoms with Crippen molar-refractivity contribution in [1.82, 2.24) is 34.8 Å². The summed E-state index contributed by atoms with van der Waals surface area (Å²) < 4.78 is 1.59. The van der Waals surface area contributed by atoms with Crippen molar-refractivity contribution in [3.8, 4) is 0 Å². The Hall–Kier alpha value is -2.22. The number of nitrogens with zero attached hydrogens (tertiary/aromatic N) is 6. The Morgan fingerprint density at radius 1 is 1.39 bits per heavy atom. The fourth-order valence-corrected chi connectivity index (χ4v) is 1.75. The van der Waals surface area contributed by atoms with Crippen molar-refractivity contribution in [2.45, 2.75) is 13.5 Å². The Morgan fingerprint density at radius 2 is 2.28 bits per heavy atom. The van der Waals surface area contributed by atoms with E-state index in [-0.39, 0.29) is 0 Å². The molecule has 8 nitrogen and oxygen atoms in total. The van der Waals surface area contributed by atoms with Crippen LogP contribution in [0.15, 0.2) is 12.7 Å². The lowest BCUT2D eigenvalue weighted by Crippen LogP contribution is -2.09. The molecule has 3 heterocycles. The van der Waals surface area contributed by atoms with Crippen LogP contribution in [0.4, 0.5) is 5.82 Å². The molecule has 0 saturated carbocycles. The summed E-state index contributed by atoms with van der Waals surface area (Å²) in [6.45, 7) is 2.34. The molecule has 0 radical (unpaired) electrons. The predicted octanol–water partition coefficient (Wildman–Crippen LogP) is 0.816. The first kappa shape index (κ1) is 10.9. The van der Waals surface area contributed by atoms with Crippen LogP contribution in [-0.2, 0) is 6.54 Å². The zero-order valence-electron chi connectivity index (χ0n) is 9.42. The minimum Gasteiger partial charge on any atom is -0.362 e. The third-order valence-electron chi connectivity index (χ3n) is 2.49. The first-order valence-corrected chi connectivity index (χ1v) is 5.57. The third-order valence-corrected chi connectivity index (χ3v) is 2.86. The van der Waals surface area contributed by atoms with Gasteiger partial charge < -0.3 is 5.32 Å². The zero-order chi connectivity index (χ0) is 12.5. The highest BCUT2D eigenvalue weighted by atomic mass is 35.5. The van der Waals surface area contributed by atoms with E-state index in [0.29, 0.717) is 17.5 Å². The first-order chi connectivity index (χ1) is 8.75. The summed E-state index contributed by atoms with van der Waals surface area (Å²) in [7, 11) is 0. The molecule has 92 valence electrons. The number of rotatable bonds is 3. The van der Waals surface area contributed by atoms with Crippen molar-refractivity contribution >= 4 is 23.2 Å². The molecule has 0 atom stereocenters. The van der Waals surface area contributed by atoms with Gasteiger partial charge in [0.25, 0.3) is 5.78 Å². The molecule has 0 unspecified atom stereocenters. The van der Waals surface area contributed by atoms with Crippen molar-refractivity contribution in [3.63, 3.8) is 0 Å². The lowest BCUT2D eigenvalue weighted by atomic mass is 10.3. The normalized spacial score (nSPS) is 11.0. The maximum absolute atomic E-state index is 6.04. The molecule has 2 N–H and O–H groups in total. The Morgan fingerprint density at radius 3 is 3.06 bits per heavy atom. The molecule has 18 heavy (non-hydrogen) atoms. The van der Waals surface area contributed by atoms with Crippen LogP contribution in [0.1, 0.15) is 11.4 Å². The van der Waals surface area contributed by atoms with Crippen LogP contribution in [-0.4, -0.2) is 34.8 Å². The standard InChI is InChI=1S/C9H9ClN8/c1-5-7(10)16-9-13-4-15-18(9)8(5)11-2-6-12-3-14-17-6/h3-4,11H,2H2,1H3,(H,12,14,17). The molecule has 0 fully saturated rings. The van der Waals surface area contributed by atoms with Crippen LogP contribution in [0, 0.1) is 6.92 Å². The summed E-state index contributed by atoms with van der Waals surface area (Å²) in [5.74, 6) is 1.90. The second-order valence-electron chi connectivity index (χ2n) is 3.63. The fraction of sp³-hybridized carbons (Fsp3) is 0.222. The zero-order valence-corrected chi connectivity index (χ0v) is 10.2. The van der Waals surface area contributed by atoms with Crippen molar-refractivity contribution in [2.75, 3.05) is 5.32 Å². The van der Waals surface area contributed by atoms with Crippen molar-refractivity contribution in [2.24, 2.45) is 0 Å². The average molecular weight is 265 g/mol. The Kier molecular flexibility index (Phi) is 2.56. The molecule has 3 aromatic rings. The molecular weight excluding hydrogens is 256 g/mol. The number of hydrogen-bond acceptors (Lipinski definition) is 6. The molecule has 3 aromatic heterocycles. The van der Waals surface area contributed by atoms with Crippen molar-refractivity contribution in [1.29, 1.82) is 0 Å². The molecule has 0 aromatic carbocycles. The molecule has 0 saturated heterocycles. The Labute approximate surface area is 106 Å². The largest absolute Gasteiger partial charge is 0.362 e. The van der Waals surface area contributed by atoms with E-state index >= 15 is 0 Å². The third kappa shape index (κ3) is 1.76. The van der Waals surface area contributed by atoms with Gasteiger partial charge in [-0.25, -0.2) is 4.98 Å². The van der Waals surface area contributed by atoms with Crippen molar-refractivity contribution in [3.05, 3.63) is 29.2 Å². The minimum absolute atomic E-state index is 0.399. The van der Waals surface area contributed by atoms with Crippen LogP contribution in [0.25, 0.3) is 5.78 Å². The van der Waals surface area contributed by atoms with Gasteiger partial charge in [0.1, 0.15) is 29.5 Å². The van der Waals surface area contributed by atoms with Gasteiger partial charge in [0.15, 0.2) is 0 Å². The molecule has 0 aliphatic rings. The topological polar surface area (TPSA) is 96.7 Å². The van der Waals surface area contributed by atoms with E-state index in [4.69, 9.17) is 11.6 Å². The van der Waals surface area contributed by atoms with E-state index in [1.54, 1.807) is 4.52 Å². The second kappa shape index (κ2) is 4.22. The maximum Gasteiger partial charge on any atom is 0.255 e. The van der Waals surface area contributed by atoms with E-state index in [9.17, 15) is 0 Å². The van der Waals surface area contributed by atoms with Gasteiger partial charge in [-0.1, -0.05) is 11.6 Å². The van der Waals surface area contributed by atoms with Gasteiger partial charge in [-0.15, -0.1) is 0 Å². The lowest BCUT2D eigenvalue weighted by molar-refractivity contribution is 0.889. The number of fused-ring (bicyclic) bond motifs is 1. The monoisotopic (exact) mass is 264 g/mol. The van der Waals surface area contributed by atoms with E-state index in [2.05, 4.69) is 35.6 Å². The van der Waals surface area contributed by atoms with E-state index in [1.165, 1.54) is 12.7 Å². The van der Waals surface area contributed by atoms with Gasteiger partial charge in [-0.2, -0.15) is 24.7 Å². The second-order valence-corrected chi connectivity index (χ2v) is 3.99. The SMILES string of the molecule is Cc1c(Cl)nc2ncnn2c1NCc1ncn[nH]1. The van der Waals surface area contributed by atoms with E-state index in [0.717, 1.165) is 17.2 Å². The number of aromatic nitrogens is 7. The van der Waals surface area contributed by atoms with Crippen LogP contribution >= 0.6 is 11.6 Å². The molecule has 0 spiro atoms. The van der Waals surface area contributed by atoms with Gasteiger partial charge in [0, 0.05) is 5.56 Å². The summed E-state index contributed by atoms with van der Waals surface area (Å²) >= 11 is 6.04. The lowest BCUT2D eigenvalue weighted by Gasteiger charge is -2.10. The highest BCUT2D eigenvalue weighted by molar-refractivity contribution is 6.30. The Bertz CT molecular complexity index is 673. The van der Waals surface area contributed by atoms with Gasteiger partial charge in [0.05, 0.1) is 6.54 Å². The summed E-state index contributed by atoms with van der Waals surface area (Å²) in [6.07, 6.45) is 2.88. The molecule has 9 heteroatoms. The summed E-state index contributed by atoms with van der Waals surface area (Å²) in [5.41, 5.74) is 0.800. The highest BCUT2D eigenvalue weighted by Gasteiger charge is 2.12. The van der Waals surface area contributed by atoms with Crippen molar-refractivity contribution < 1.29 is 0 Å². The van der Waals surface area contributed by atoms with Crippen LogP contribution in [0.3, 0.4) is 0 Å². The summed E-state index contributed by atoms with van der Waals surface area (Å²) in [4.78, 5) is 12.2. The van der Waals surface area contributed by atoms with Crippen LogP contribution < -0.4 is 5.32 Å². The number of hydrogen-bond donors (Lipinski definition) is 2. The molecule has 0 aliphatic heterocycles. The number of anilines is 1. The van der Waals surface area contributed by atoms with Gasteiger partial charge in [0.2, 0.25) is 0 Å². The maximum atomic E-state index is 6.04. The van der Waals surface area contributed by atoms with E-state index in [1.807, 2.05) is 6.92 Å². The highest BCUT2D eigenvalue weighted by Crippen LogP contribution is 2.22. The molecule has 3 rings (SSSR count). The summed E-state index contributed by atoms with van der Waals surface area (Å²) in [5, 5.41) is 14.2. The smallest absolute Gasteiger partial charge is 0.255 e. The number of H-pyrrole nitrogens is 1. The first-order valence-electron chi connectivity index (χ1n) is 5.19. The fourth-order valence-electron chi connectivity index (χ4n) is 1.59.